The fourth-order valence-electron chi connectivity index (χ4n) is 5.53. The van der Waals surface area contributed by atoms with E-state index in [2.05, 4.69) is 16.0 Å². The number of hydroxylamine groups is 2. The molecule has 2 aliphatic rings. The molecule has 5 amide bonds. The second-order valence-electron chi connectivity index (χ2n) is 12.5. The lowest BCUT2D eigenvalue weighted by atomic mass is 10.00. The maximum atomic E-state index is 13.8. The van der Waals surface area contributed by atoms with Crippen LogP contribution in [0, 0.1) is 5.92 Å². The topological polar surface area (TPSA) is 163 Å². The summed E-state index contributed by atoms with van der Waals surface area (Å²) in [6, 6.07) is 15.2. The van der Waals surface area contributed by atoms with Gasteiger partial charge in [0.25, 0.3) is 11.8 Å². The zero-order valence-corrected chi connectivity index (χ0v) is 27.5. The number of carbonyl (C=O) groups excluding carboxylic acids is 6. The van der Waals surface area contributed by atoms with Gasteiger partial charge < -0.3 is 25.5 Å². The van der Waals surface area contributed by atoms with E-state index in [1.54, 1.807) is 30.3 Å². The Bertz CT molecular complexity index is 1400. The molecule has 2 heterocycles. The van der Waals surface area contributed by atoms with Gasteiger partial charge in [-0.15, -0.1) is 5.06 Å². The zero-order chi connectivity index (χ0) is 34.5. The van der Waals surface area contributed by atoms with Crippen LogP contribution in [0.4, 0.5) is 0 Å². The molecule has 0 spiro atoms. The lowest BCUT2D eigenvalue weighted by Gasteiger charge is -2.28. The minimum Gasteiger partial charge on any atom is -0.379 e. The molecule has 2 aromatic carbocycles. The van der Waals surface area contributed by atoms with Crippen LogP contribution in [0.3, 0.4) is 0 Å². The summed E-state index contributed by atoms with van der Waals surface area (Å²) < 4.78 is 5.37. The van der Waals surface area contributed by atoms with E-state index >= 15 is 0 Å². The summed E-state index contributed by atoms with van der Waals surface area (Å²) in [7, 11) is 0. The molecule has 2 aromatic rings. The predicted molar refractivity (Wildman–Crippen MR) is 175 cm³/mol. The second-order valence-corrected chi connectivity index (χ2v) is 12.5. The van der Waals surface area contributed by atoms with Gasteiger partial charge in [-0.1, -0.05) is 74.5 Å². The quantitative estimate of drug-likeness (QED) is 0.225. The number of ether oxygens (including phenoxy) is 1. The van der Waals surface area contributed by atoms with Gasteiger partial charge in [-0.05, 0) is 36.3 Å². The molecule has 0 radical (unpaired) electrons. The smallest absolute Gasteiger partial charge is 0.355 e. The highest BCUT2D eigenvalue weighted by molar-refractivity contribution is 6.02. The van der Waals surface area contributed by atoms with Crippen molar-refractivity contribution in [2.24, 2.45) is 5.92 Å². The van der Waals surface area contributed by atoms with Crippen LogP contribution in [0.2, 0.25) is 0 Å². The van der Waals surface area contributed by atoms with E-state index in [1.165, 1.54) is 0 Å². The maximum absolute atomic E-state index is 13.8. The van der Waals surface area contributed by atoms with Crippen molar-refractivity contribution in [3.63, 3.8) is 0 Å². The van der Waals surface area contributed by atoms with Gasteiger partial charge in [-0.3, -0.25) is 28.9 Å². The molecule has 0 aromatic heterocycles. The molecule has 2 fully saturated rings. The summed E-state index contributed by atoms with van der Waals surface area (Å²) in [5.74, 6) is -3.78. The van der Waals surface area contributed by atoms with Gasteiger partial charge in [0.2, 0.25) is 17.7 Å². The van der Waals surface area contributed by atoms with Crippen LogP contribution in [0.25, 0.3) is 0 Å². The average molecular weight is 664 g/mol. The number of morpholine rings is 1. The van der Waals surface area contributed by atoms with Crippen molar-refractivity contribution >= 4 is 35.5 Å². The SMILES string of the molecule is CC(C)C[C@H](NC(=O)[C@H](CCc1ccccc1)NC(=O)CN1CCOCC1)C(=O)N[C@@H](Cc1ccccc1)C(=O)ON1C(=O)CCC1=O. The number of carbonyl (C=O) groups is 6. The first kappa shape index (κ1) is 36.2. The van der Waals surface area contributed by atoms with Crippen molar-refractivity contribution in [3.8, 4) is 0 Å². The molecular formula is C35H45N5O8. The monoisotopic (exact) mass is 663 g/mol. The Balaban J connectivity index is 1.48. The predicted octanol–water partition coefficient (Wildman–Crippen LogP) is 1.30. The number of aryl methyl sites for hydroxylation is 1. The third kappa shape index (κ3) is 11.3. The highest BCUT2D eigenvalue weighted by Crippen LogP contribution is 2.15. The first-order valence-corrected chi connectivity index (χ1v) is 16.4. The highest BCUT2D eigenvalue weighted by Gasteiger charge is 2.36. The molecule has 2 aliphatic heterocycles. The van der Waals surface area contributed by atoms with Gasteiger partial charge >= 0.3 is 5.97 Å². The molecule has 13 heteroatoms. The highest BCUT2D eigenvalue weighted by atomic mass is 16.7. The number of nitrogens with one attached hydrogen (secondary N) is 3. The molecule has 4 rings (SSSR count). The van der Waals surface area contributed by atoms with E-state index in [-0.39, 0.29) is 44.1 Å². The molecule has 0 aliphatic carbocycles. The van der Waals surface area contributed by atoms with Crippen LogP contribution in [0.1, 0.15) is 50.7 Å². The number of benzene rings is 2. The number of hydrogen-bond donors (Lipinski definition) is 3. The van der Waals surface area contributed by atoms with Gasteiger partial charge in [0.15, 0.2) is 0 Å². The van der Waals surface area contributed by atoms with E-state index in [1.807, 2.05) is 49.1 Å². The summed E-state index contributed by atoms with van der Waals surface area (Å²) in [6.07, 6.45) is 0.915. The molecule has 2 saturated heterocycles. The summed E-state index contributed by atoms with van der Waals surface area (Å²) >= 11 is 0. The molecule has 48 heavy (non-hydrogen) atoms. The molecule has 3 atom stereocenters. The Hall–Kier alpha value is -4.62. The van der Waals surface area contributed by atoms with E-state index in [0.29, 0.717) is 49.8 Å². The van der Waals surface area contributed by atoms with Crippen LogP contribution < -0.4 is 16.0 Å². The molecule has 0 bridgehead atoms. The molecule has 3 N–H and O–H groups in total. The molecule has 258 valence electrons. The van der Waals surface area contributed by atoms with Gasteiger partial charge in [-0.2, -0.15) is 0 Å². The molecule has 0 saturated carbocycles. The molecular weight excluding hydrogens is 618 g/mol. The van der Waals surface area contributed by atoms with E-state index in [9.17, 15) is 28.8 Å². The number of rotatable bonds is 16. The third-order valence-electron chi connectivity index (χ3n) is 8.10. The summed E-state index contributed by atoms with van der Waals surface area (Å²) in [5, 5.41) is 8.81. The minimum atomic E-state index is -1.27. The largest absolute Gasteiger partial charge is 0.379 e. The van der Waals surface area contributed by atoms with Gasteiger partial charge in [0.1, 0.15) is 18.1 Å². The first-order chi connectivity index (χ1) is 23.1. The third-order valence-corrected chi connectivity index (χ3v) is 8.10. The van der Waals surface area contributed by atoms with Gasteiger partial charge in [0, 0.05) is 32.4 Å². The lowest BCUT2D eigenvalue weighted by molar-refractivity contribution is -0.199. The Kier molecular flexibility index (Phi) is 13.6. The maximum Gasteiger partial charge on any atom is 0.355 e. The standard InChI is InChI=1S/C35H45N5O8/c1-24(2)21-28(34(45)38-29(22-26-11-7-4-8-12-26)35(46)48-40-31(42)15-16-32(40)43)37-33(44)27(14-13-25-9-5-3-6-10-25)36-30(41)23-39-17-19-47-20-18-39/h3-12,24,27-29H,13-23H2,1-2H3,(H,36,41)(H,37,44)(H,38,45)/t27-,28-,29-/m0/s1. The summed E-state index contributed by atoms with van der Waals surface area (Å²) in [5.41, 5.74) is 1.69. The number of amides is 5. The minimum absolute atomic E-state index is 0.0152. The Morgan fingerprint density at radius 3 is 1.94 bits per heavy atom. The van der Waals surface area contributed by atoms with Crippen LogP contribution in [0.5, 0.6) is 0 Å². The van der Waals surface area contributed by atoms with Crippen molar-refractivity contribution in [1.29, 1.82) is 0 Å². The second kappa shape index (κ2) is 18.1. The van der Waals surface area contributed by atoms with Crippen LogP contribution in [0.15, 0.2) is 60.7 Å². The van der Waals surface area contributed by atoms with Crippen molar-refractivity contribution in [2.45, 2.75) is 70.5 Å². The van der Waals surface area contributed by atoms with E-state index in [0.717, 1.165) is 5.56 Å². The first-order valence-electron chi connectivity index (χ1n) is 16.4. The van der Waals surface area contributed by atoms with E-state index in [4.69, 9.17) is 9.57 Å². The Labute approximate surface area is 280 Å². The van der Waals surface area contributed by atoms with E-state index < -0.39 is 47.7 Å². The summed E-state index contributed by atoms with van der Waals surface area (Å²) in [4.78, 5) is 85.3. The van der Waals surface area contributed by atoms with Crippen molar-refractivity contribution in [2.75, 3.05) is 32.8 Å². The van der Waals surface area contributed by atoms with Gasteiger partial charge in [-0.25, -0.2) is 4.79 Å². The number of nitrogens with zero attached hydrogens (tertiary/aromatic N) is 2. The molecule has 13 nitrogen and oxygen atoms in total. The molecule has 0 unspecified atom stereocenters. The fraction of sp³-hybridized carbons (Fsp3) is 0.486. The number of imide groups is 1. The van der Waals surface area contributed by atoms with Crippen LogP contribution >= 0.6 is 0 Å². The zero-order valence-electron chi connectivity index (χ0n) is 27.5. The Morgan fingerprint density at radius 2 is 1.33 bits per heavy atom. The fourth-order valence-corrected chi connectivity index (χ4v) is 5.53. The average Bonchev–Trinajstić information content (AvgIpc) is 3.39. The normalized spacial score (nSPS) is 17.0. The van der Waals surface area contributed by atoms with Crippen molar-refractivity contribution in [1.82, 2.24) is 25.9 Å². The van der Waals surface area contributed by atoms with Crippen LogP contribution in [-0.2, 0) is 51.2 Å². The van der Waals surface area contributed by atoms with Gasteiger partial charge in [0.05, 0.1) is 19.8 Å². The lowest BCUT2D eigenvalue weighted by Crippen LogP contribution is -2.57. The van der Waals surface area contributed by atoms with Crippen LogP contribution in [-0.4, -0.2) is 96.4 Å². The number of hydrogen-bond acceptors (Lipinski definition) is 9. The van der Waals surface area contributed by atoms with Crippen molar-refractivity contribution < 1.29 is 38.3 Å². The Morgan fingerprint density at radius 1 is 0.771 bits per heavy atom. The van der Waals surface area contributed by atoms with Crippen molar-refractivity contribution in [3.05, 3.63) is 71.8 Å². The summed E-state index contributed by atoms with van der Waals surface area (Å²) in [6.45, 7) is 6.17.